The summed E-state index contributed by atoms with van der Waals surface area (Å²) in [6.07, 6.45) is 4.74. The maximum atomic E-state index is 12.4. The molecule has 1 amide bonds. The number of non-ortho nitro benzene ring substituents is 1. The van der Waals surface area contributed by atoms with Gasteiger partial charge in [0.25, 0.3) is 5.69 Å². The zero-order valence-electron chi connectivity index (χ0n) is 11.5. The highest BCUT2D eigenvalue weighted by Crippen LogP contribution is 2.29. The number of nitro groups is 1. The van der Waals surface area contributed by atoms with Crippen molar-refractivity contribution in [3.8, 4) is 0 Å². The Balaban J connectivity index is 2.14. The van der Waals surface area contributed by atoms with Gasteiger partial charge >= 0.3 is 0 Å². The highest BCUT2D eigenvalue weighted by atomic mass is 79.9. The average Bonchev–Trinajstić information content (AvgIpc) is 2.65. The van der Waals surface area contributed by atoms with Gasteiger partial charge in [0.2, 0.25) is 5.91 Å². The van der Waals surface area contributed by atoms with E-state index in [2.05, 4.69) is 21.2 Å². The second kappa shape index (κ2) is 7.00. The maximum Gasteiger partial charge on any atom is 0.271 e. The molecule has 1 aliphatic rings. The van der Waals surface area contributed by atoms with Crippen molar-refractivity contribution in [2.75, 3.05) is 5.32 Å². The Labute approximate surface area is 131 Å². The van der Waals surface area contributed by atoms with Crippen LogP contribution in [0.1, 0.15) is 32.1 Å². The number of rotatable bonds is 3. The molecule has 0 saturated heterocycles. The molecule has 2 rings (SSSR count). The predicted molar refractivity (Wildman–Crippen MR) is 84.0 cm³/mol. The first-order valence-electron chi connectivity index (χ1n) is 6.99. The molecule has 21 heavy (non-hydrogen) atoms. The molecular weight excluding hydrogens is 338 g/mol. The standard InChI is InChI=1S/C14H18BrN3O3/c15-11-7-6-9(18(20)21)8-13(11)17-14(19)10-4-2-1-3-5-12(10)16/h6-8,10,12H,1-5,16H2,(H,17,19). The summed E-state index contributed by atoms with van der Waals surface area (Å²) in [6.45, 7) is 0. The molecule has 0 spiro atoms. The van der Waals surface area contributed by atoms with Crippen LogP contribution in [0.4, 0.5) is 11.4 Å². The monoisotopic (exact) mass is 355 g/mol. The van der Waals surface area contributed by atoms with Crippen LogP contribution < -0.4 is 11.1 Å². The van der Waals surface area contributed by atoms with Crippen molar-refractivity contribution in [1.82, 2.24) is 0 Å². The zero-order valence-corrected chi connectivity index (χ0v) is 13.1. The summed E-state index contributed by atoms with van der Waals surface area (Å²) >= 11 is 3.29. The first kappa shape index (κ1) is 15.9. The summed E-state index contributed by atoms with van der Waals surface area (Å²) in [5.41, 5.74) is 6.42. The smallest absolute Gasteiger partial charge is 0.271 e. The molecule has 1 aromatic rings. The van der Waals surface area contributed by atoms with E-state index in [4.69, 9.17) is 5.73 Å². The van der Waals surface area contributed by atoms with Crippen molar-refractivity contribution in [2.45, 2.75) is 38.1 Å². The first-order chi connectivity index (χ1) is 9.99. The van der Waals surface area contributed by atoms with Crippen molar-refractivity contribution in [1.29, 1.82) is 0 Å². The van der Waals surface area contributed by atoms with Crippen LogP contribution in [0.2, 0.25) is 0 Å². The number of nitro benzene ring substituents is 1. The summed E-state index contributed by atoms with van der Waals surface area (Å²) in [7, 11) is 0. The highest BCUT2D eigenvalue weighted by Gasteiger charge is 2.27. The lowest BCUT2D eigenvalue weighted by Crippen LogP contribution is -2.37. The van der Waals surface area contributed by atoms with Gasteiger partial charge in [0.15, 0.2) is 0 Å². The third-order valence-corrected chi connectivity index (χ3v) is 4.52. The van der Waals surface area contributed by atoms with E-state index in [9.17, 15) is 14.9 Å². The summed E-state index contributed by atoms with van der Waals surface area (Å²) in [5.74, 6) is -0.399. The van der Waals surface area contributed by atoms with Crippen LogP contribution in [0, 0.1) is 16.0 Å². The molecule has 0 bridgehead atoms. The van der Waals surface area contributed by atoms with Crippen LogP contribution in [-0.2, 0) is 4.79 Å². The van der Waals surface area contributed by atoms with Crippen LogP contribution >= 0.6 is 15.9 Å². The van der Waals surface area contributed by atoms with Crippen molar-refractivity contribution in [2.24, 2.45) is 11.7 Å². The molecule has 7 heteroatoms. The normalized spacial score (nSPS) is 22.4. The van der Waals surface area contributed by atoms with E-state index in [-0.39, 0.29) is 23.6 Å². The second-order valence-corrected chi connectivity index (χ2v) is 6.17. The van der Waals surface area contributed by atoms with E-state index >= 15 is 0 Å². The fourth-order valence-electron chi connectivity index (χ4n) is 2.61. The first-order valence-corrected chi connectivity index (χ1v) is 7.78. The molecule has 1 aliphatic carbocycles. The van der Waals surface area contributed by atoms with E-state index in [0.29, 0.717) is 10.2 Å². The number of carbonyl (C=O) groups is 1. The second-order valence-electron chi connectivity index (χ2n) is 5.32. The van der Waals surface area contributed by atoms with Crippen LogP contribution in [0.15, 0.2) is 22.7 Å². The predicted octanol–water partition coefficient (Wildman–Crippen LogP) is 3.20. The van der Waals surface area contributed by atoms with E-state index in [1.54, 1.807) is 6.07 Å². The van der Waals surface area contributed by atoms with Crippen molar-refractivity contribution < 1.29 is 9.72 Å². The molecule has 2 unspecified atom stereocenters. The zero-order chi connectivity index (χ0) is 15.4. The average molecular weight is 356 g/mol. The quantitative estimate of drug-likeness (QED) is 0.494. The SMILES string of the molecule is NC1CCCCCC1C(=O)Nc1cc([N+](=O)[O-])ccc1Br. The Morgan fingerprint density at radius 2 is 2.05 bits per heavy atom. The Morgan fingerprint density at radius 1 is 1.33 bits per heavy atom. The lowest BCUT2D eigenvalue weighted by Gasteiger charge is -2.20. The van der Waals surface area contributed by atoms with Crippen LogP contribution in [-0.4, -0.2) is 16.9 Å². The van der Waals surface area contributed by atoms with E-state index < -0.39 is 4.92 Å². The van der Waals surface area contributed by atoms with E-state index in [0.717, 1.165) is 32.1 Å². The molecular formula is C14H18BrN3O3. The number of carbonyl (C=O) groups excluding carboxylic acids is 1. The fraction of sp³-hybridized carbons (Fsp3) is 0.500. The van der Waals surface area contributed by atoms with Crippen LogP contribution in [0.5, 0.6) is 0 Å². The number of anilines is 1. The minimum atomic E-state index is -0.487. The third kappa shape index (κ3) is 4.01. The molecule has 0 aliphatic heterocycles. The molecule has 2 atom stereocenters. The molecule has 6 nitrogen and oxygen atoms in total. The number of halogens is 1. The minimum absolute atomic E-state index is 0.0568. The maximum absolute atomic E-state index is 12.4. The Bertz CT molecular complexity index is 550. The van der Waals surface area contributed by atoms with E-state index in [1.165, 1.54) is 12.1 Å². The number of hydrogen-bond acceptors (Lipinski definition) is 4. The molecule has 0 heterocycles. The molecule has 1 saturated carbocycles. The Kier molecular flexibility index (Phi) is 5.30. The summed E-state index contributed by atoms with van der Waals surface area (Å²) in [6, 6.07) is 4.15. The number of benzene rings is 1. The Morgan fingerprint density at radius 3 is 2.76 bits per heavy atom. The molecule has 3 N–H and O–H groups in total. The summed E-state index contributed by atoms with van der Waals surface area (Å²) in [4.78, 5) is 22.7. The molecule has 1 aromatic carbocycles. The van der Waals surface area contributed by atoms with Gasteiger partial charge in [-0.05, 0) is 34.8 Å². The minimum Gasteiger partial charge on any atom is -0.327 e. The van der Waals surface area contributed by atoms with Gasteiger partial charge < -0.3 is 11.1 Å². The number of amides is 1. The largest absolute Gasteiger partial charge is 0.327 e. The van der Waals surface area contributed by atoms with Gasteiger partial charge in [-0.1, -0.05) is 19.3 Å². The van der Waals surface area contributed by atoms with Gasteiger partial charge in [-0.25, -0.2) is 0 Å². The van der Waals surface area contributed by atoms with Crippen molar-refractivity contribution in [3.63, 3.8) is 0 Å². The van der Waals surface area contributed by atoms with Gasteiger partial charge in [-0.15, -0.1) is 0 Å². The number of nitrogens with zero attached hydrogens (tertiary/aromatic N) is 1. The van der Waals surface area contributed by atoms with Gasteiger partial charge in [0.05, 0.1) is 16.5 Å². The lowest BCUT2D eigenvalue weighted by atomic mass is 9.94. The fourth-order valence-corrected chi connectivity index (χ4v) is 2.96. The van der Waals surface area contributed by atoms with E-state index in [1.807, 2.05) is 0 Å². The topological polar surface area (TPSA) is 98.3 Å². The van der Waals surface area contributed by atoms with Gasteiger partial charge in [0.1, 0.15) is 0 Å². The van der Waals surface area contributed by atoms with Crippen LogP contribution in [0.25, 0.3) is 0 Å². The number of nitrogens with two attached hydrogens (primary N) is 1. The molecule has 114 valence electrons. The number of nitrogens with one attached hydrogen (secondary N) is 1. The van der Waals surface area contributed by atoms with Gasteiger partial charge in [0, 0.05) is 22.6 Å². The molecule has 1 fully saturated rings. The van der Waals surface area contributed by atoms with Crippen LogP contribution in [0.3, 0.4) is 0 Å². The molecule has 0 aromatic heterocycles. The third-order valence-electron chi connectivity index (χ3n) is 3.82. The van der Waals surface area contributed by atoms with Gasteiger partial charge in [-0.3, -0.25) is 14.9 Å². The van der Waals surface area contributed by atoms with Crippen molar-refractivity contribution >= 4 is 33.2 Å². The van der Waals surface area contributed by atoms with Crippen molar-refractivity contribution in [3.05, 3.63) is 32.8 Å². The molecule has 0 radical (unpaired) electrons. The summed E-state index contributed by atoms with van der Waals surface area (Å²) in [5, 5.41) is 13.6. The van der Waals surface area contributed by atoms with Gasteiger partial charge in [-0.2, -0.15) is 0 Å². The summed E-state index contributed by atoms with van der Waals surface area (Å²) < 4.78 is 0.614. The highest BCUT2D eigenvalue weighted by molar-refractivity contribution is 9.10. The lowest BCUT2D eigenvalue weighted by molar-refractivity contribution is -0.384. The Hall–Kier alpha value is -1.47. The number of hydrogen-bond donors (Lipinski definition) is 2.